The molecular weight excluding hydrogens is 511 g/mol. The molecule has 8 nitrogen and oxygen atoms in total. The SMILES string of the molecule is CCOC(=O)C1=C(CN2CCCN(C(=O)c3cccc(F)c3)CC2)N(C)C(=O)NC1c1ccc(C(C)(C)C)cc1. The number of amides is 3. The molecule has 0 spiro atoms. The van der Waals surface area contributed by atoms with Crippen molar-refractivity contribution in [1.29, 1.82) is 0 Å². The van der Waals surface area contributed by atoms with E-state index in [1.165, 1.54) is 23.1 Å². The normalized spacial score (nSPS) is 18.9. The van der Waals surface area contributed by atoms with E-state index in [9.17, 15) is 18.8 Å². The van der Waals surface area contributed by atoms with Gasteiger partial charge in [0.15, 0.2) is 0 Å². The molecule has 0 bridgehead atoms. The van der Waals surface area contributed by atoms with Gasteiger partial charge in [0.1, 0.15) is 5.82 Å². The maximum absolute atomic E-state index is 13.7. The number of hydrogen-bond acceptors (Lipinski definition) is 5. The predicted molar refractivity (Wildman–Crippen MR) is 151 cm³/mol. The Balaban J connectivity index is 1.60. The molecule has 2 aliphatic rings. The smallest absolute Gasteiger partial charge is 0.338 e. The maximum Gasteiger partial charge on any atom is 0.338 e. The molecule has 1 atom stereocenters. The van der Waals surface area contributed by atoms with Crippen LogP contribution in [0.3, 0.4) is 0 Å². The fourth-order valence-corrected chi connectivity index (χ4v) is 5.17. The standard InChI is InChI=1S/C31H39FN4O4/c1-6-40-29(38)26-25(34(5)30(39)33-27(26)21-11-13-23(14-12-21)31(2,3)4)20-35-15-8-16-36(18-17-35)28(37)22-9-7-10-24(32)19-22/h7,9-14,19,27H,6,8,15-18,20H2,1-5H3,(H,33,39). The van der Waals surface area contributed by atoms with Gasteiger partial charge >= 0.3 is 12.0 Å². The molecular formula is C31H39FN4O4. The van der Waals surface area contributed by atoms with Gasteiger partial charge in [-0.25, -0.2) is 14.0 Å². The van der Waals surface area contributed by atoms with Crippen LogP contribution in [0.25, 0.3) is 0 Å². The number of urea groups is 1. The van der Waals surface area contributed by atoms with Gasteiger partial charge in [0.25, 0.3) is 5.91 Å². The third-order valence-electron chi connectivity index (χ3n) is 7.50. The van der Waals surface area contributed by atoms with Gasteiger partial charge in [-0.3, -0.25) is 14.6 Å². The molecule has 0 saturated carbocycles. The number of halogens is 1. The lowest BCUT2D eigenvalue weighted by atomic mass is 9.85. The molecule has 2 aliphatic heterocycles. The van der Waals surface area contributed by atoms with Gasteiger partial charge in [-0.15, -0.1) is 0 Å². The molecule has 9 heteroatoms. The molecule has 2 aromatic carbocycles. The molecule has 2 aromatic rings. The molecule has 0 radical (unpaired) electrons. The summed E-state index contributed by atoms with van der Waals surface area (Å²) in [4.78, 5) is 44.8. The first-order valence-electron chi connectivity index (χ1n) is 13.8. The Morgan fingerprint density at radius 2 is 1.77 bits per heavy atom. The Kier molecular flexibility index (Phi) is 8.93. The second-order valence-corrected chi connectivity index (χ2v) is 11.3. The summed E-state index contributed by atoms with van der Waals surface area (Å²) in [6.07, 6.45) is 0.705. The molecule has 214 valence electrons. The molecule has 2 heterocycles. The third kappa shape index (κ3) is 6.53. The summed E-state index contributed by atoms with van der Waals surface area (Å²) in [5.74, 6) is -1.12. The van der Waals surface area contributed by atoms with E-state index in [0.29, 0.717) is 56.0 Å². The molecule has 1 saturated heterocycles. The predicted octanol–water partition coefficient (Wildman–Crippen LogP) is 4.48. The van der Waals surface area contributed by atoms with Crippen molar-refractivity contribution in [3.63, 3.8) is 0 Å². The first kappa shape index (κ1) is 29.3. The lowest BCUT2D eigenvalue weighted by Crippen LogP contribution is -2.49. The van der Waals surface area contributed by atoms with E-state index in [4.69, 9.17) is 4.74 Å². The van der Waals surface area contributed by atoms with Gasteiger partial charge in [-0.1, -0.05) is 51.1 Å². The second kappa shape index (κ2) is 12.2. The van der Waals surface area contributed by atoms with Crippen LogP contribution in [0.5, 0.6) is 0 Å². The van der Waals surface area contributed by atoms with Crippen molar-refractivity contribution in [2.75, 3.05) is 46.4 Å². The summed E-state index contributed by atoms with van der Waals surface area (Å²) >= 11 is 0. The van der Waals surface area contributed by atoms with E-state index in [1.807, 2.05) is 24.3 Å². The van der Waals surface area contributed by atoms with Crippen molar-refractivity contribution in [3.05, 3.63) is 82.3 Å². The summed E-state index contributed by atoms with van der Waals surface area (Å²) in [6, 6.07) is 12.7. The zero-order valence-corrected chi connectivity index (χ0v) is 24.0. The van der Waals surface area contributed by atoms with Crippen molar-refractivity contribution in [3.8, 4) is 0 Å². The van der Waals surface area contributed by atoms with Crippen LogP contribution in [0, 0.1) is 5.82 Å². The highest BCUT2D eigenvalue weighted by molar-refractivity contribution is 5.95. The summed E-state index contributed by atoms with van der Waals surface area (Å²) in [5, 5.41) is 2.98. The number of carbonyl (C=O) groups excluding carboxylic acids is 3. The fraction of sp³-hybridized carbons (Fsp3) is 0.452. The van der Waals surface area contributed by atoms with Gasteiger partial charge in [0.2, 0.25) is 0 Å². The highest BCUT2D eigenvalue weighted by atomic mass is 19.1. The van der Waals surface area contributed by atoms with Crippen molar-refractivity contribution in [2.45, 2.75) is 45.6 Å². The third-order valence-corrected chi connectivity index (χ3v) is 7.50. The minimum absolute atomic E-state index is 0.0315. The minimum Gasteiger partial charge on any atom is -0.463 e. The van der Waals surface area contributed by atoms with Crippen LogP contribution < -0.4 is 5.32 Å². The fourth-order valence-electron chi connectivity index (χ4n) is 5.17. The van der Waals surface area contributed by atoms with Gasteiger partial charge < -0.3 is 15.0 Å². The maximum atomic E-state index is 13.7. The van der Waals surface area contributed by atoms with Crippen LogP contribution in [-0.2, 0) is 14.9 Å². The lowest BCUT2D eigenvalue weighted by molar-refractivity contribution is -0.139. The first-order valence-corrected chi connectivity index (χ1v) is 13.8. The van der Waals surface area contributed by atoms with Crippen LogP contribution >= 0.6 is 0 Å². The zero-order valence-electron chi connectivity index (χ0n) is 24.0. The number of benzene rings is 2. The highest BCUT2D eigenvalue weighted by Gasteiger charge is 2.37. The van der Waals surface area contributed by atoms with E-state index in [2.05, 4.69) is 31.0 Å². The number of hydrogen-bond donors (Lipinski definition) is 1. The molecule has 4 rings (SSSR count). The Hall–Kier alpha value is -3.72. The number of nitrogens with zero attached hydrogens (tertiary/aromatic N) is 3. The molecule has 0 aromatic heterocycles. The first-order chi connectivity index (χ1) is 19.0. The second-order valence-electron chi connectivity index (χ2n) is 11.3. The number of rotatable bonds is 6. The van der Waals surface area contributed by atoms with E-state index >= 15 is 0 Å². The summed E-state index contributed by atoms with van der Waals surface area (Å²) < 4.78 is 19.2. The van der Waals surface area contributed by atoms with Crippen LogP contribution in [0.4, 0.5) is 9.18 Å². The van der Waals surface area contributed by atoms with Crippen molar-refractivity contribution in [2.24, 2.45) is 0 Å². The van der Waals surface area contributed by atoms with E-state index < -0.39 is 17.8 Å². The molecule has 3 amide bonds. The quantitative estimate of drug-likeness (QED) is 0.537. The molecule has 40 heavy (non-hydrogen) atoms. The number of ether oxygens (including phenoxy) is 1. The van der Waals surface area contributed by atoms with Gasteiger partial charge in [-0.05, 0) is 48.1 Å². The number of esters is 1. The Morgan fingerprint density at radius 1 is 1.05 bits per heavy atom. The van der Waals surface area contributed by atoms with Crippen molar-refractivity contribution in [1.82, 2.24) is 20.0 Å². The van der Waals surface area contributed by atoms with Crippen LogP contribution in [0.1, 0.15) is 61.6 Å². The van der Waals surface area contributed by atoms with Crippen LogP contribution in [0.15, 0.2) is 59.8 Å². The monoisotopic (exact) mass is 550 g/mol. The van der Waals surface area contributed by atoms with Gasteiger partial charge in [-0.2, -0.15) is 0 Å². The van der Waals surface area contributed by atoms with Crippen molar-refractivity contribution >= 4 is 17.9 Å². The van der Waals surface area contributed by atoms with Crippen molar-refractivity contribution < 1.29 is 23.5 Å². The molecule has 1 unspecified atom stereocenters. The Morgan fingerprint density at radius 3 is 2.42 bits per heavy atom. The summed E-state index contributed by atoms with van der Waals surface area (Å²) in [6.45, 7) is 10.9. The summed E-state index contributed by atoms with van der Waals surface area (Å²) in [5.41, 5.74) is 3.24. The van der Waals surface area contributed by atoms with Crippen LogP contribution in [-0.4, -0.2) is 79.0 Å². The largest absolute Gasteiger partial charge is 0.463 e. The number of nitrogens with one attached hydrogen (secondary N) is 1. The van der Waals surface area contributed by atoms with Gasteiger partial charge in [0.05, 0.1) is 18.2 Å². The minimum atomic E-state index is -0.648. The summed E-state index contributed by atoms with van der Waals surface area (Å²) in [7, 11) is 1.65. The molecule has 1 fully saturated rings. The van der Waals surface area contributed by atoms with E-state index in [1.54, 1.807) is 24.9 Å². The molecule has 1 N–H and O–H groups in total. The Bertz CT molecular complexity index is 1280. The average Bonchev–Trinajstić information content (AvgIpc) is 3.16. The van der Waals surface area contributed by atoms with Gasteiger partial charge in [0, 0.05) is 51.0 Å². The lowest BCUT2D eigenvalue weighted by Gasteiger charge is -2.36. The van der Waals surface area contributed by atoms with E-state index in [0.717, 1.165) is 11.1 Å². The molecule has 0 aliphatic carbocycles. The van der Waals surface area contributed by atoms with E-state index in [-0.39, 0.29) is 24.0 Å². The highest BCUT2D eigenvalue weighted by Crippen LogP contribution is 2.33. The Labute approximate surface area is 235 Å². The number of carbonyl (C=O) groups is 3. The average molecular weight is 551 g/mol. The topological polar surface area (TPSA) is 82.2 Å². The van der Waals surface area contributed by atoms with Crippen LogP contribution in [0.2, 0.25) is 0 Å². The zero-order chi connectivity index (χ0) is 29.0. The number of likely N-dealkylation sites (N-methyl/N-ethyl adjacent to an activating group) is 1.